The van der Waals surface area contributed by atoms with Crippen molar-refractivity contribution in [2.45, 2.75) is 301 Å². The molecule has 27 unspecified atom stereocenters. The van der Waals surface area contributed by atoms with Crippen molar-refractivity contribution in [1.29, 1.82) is 0 Å². The lowest BCUT2D eigenvalue weighted by atomic mass is 9.86. The SMILES string of the molecule is C=CCCC(O)C=CC=CC(O)CCC=CC(O)C(O)C1OC(C(O)C(O)C(=C)CCC(O)C2CC(O)C(O)C(C(O)C(O)C=C(C)CCC(O)CC(O)C(O)C(C)C(O)C(O)CC=CCC(O)C=CCC(O)CCCC(O)CCCC(O)CO)O2)CC(O)C1O. The highest BCUT2D eigenvalue weighted by Crippen LogP contribution is 2.32. The average Bonchev–Trinajstić information content (AvgIpc) is 0.910. The van der Waals surface area contributed by atoms with E-state index in [1.807, 2.05) is 0 Å². The lowest BCUT2D eigenvalue weighted by Crippen LogP contribution is -2.59. The smallest absolute Gasteiger partial charge is 0.115 e. The predicted molar refractivity (Wildman–Crippen MR) is 337 cm³/mol. The Bertz CT molecular complexity index is 2140. The van der Waals surface area contributed by atoms with E-state index in [4.69, 9.17) is 14.6 Å². The highest BCUT2D eigenvalue weighted by atomic mass is 16.6. The van der Waals surface area contributed by atoms with Gasteiger partial charge in [-0.05, 0) is 122 Å². The van der Waals surface area contributed by atoms with Crippen molar-refractivity contribution >= 4 is 0 Å². The number of aliphatic hydroxyl groups is 23. The number of hydrogen-bond donors (Lipinski definition) is 23. The van der Waals surface area contributed by atoms with Crippen LogP contribution < -0.4 is 0 Å². The molecule has 0 radical (unpaired) electrons. The summed E-state index contributed by atoms with van der Waals surface area (Å²) in [7, 11) is 0. The Hall–Kier alpha value is -3.08. The van der Waals surface area contributed by atoms with Gasteiger partial charge < -0.3 is 127 Å². The summed E-state index contributed by atoms with van der Waals surface area (Å²) in [6, 6.07) is 0. The van der Waals surface area contributed by atoms with Gasteiger partial charge in [-0.1, -0.05) is 92.0 Å². The number of ether oxygens (including phenoxy) is 2. The average molecular weight is 1310 g/mol. The van der Waals surface area contributed by atoms with Crippen LogP contribution in [0.15, 0.2) is 97.2 Å². The van der Waals surface area contributed by atoms with E-state index in [-0.39, 0.29) is 82.8 Å². The van der Waals surface area contributed by atoms with E-state index in [0.717, 1.165) is 0 Å². The van der Waals surface area contributed by atoms with Crippen molar-refractivity contribution in [3.8, 4) is 0 Å². The van der Waals surface area contributed by atoms with Gasteiger partial charge in [-0.2, -0.15) is 0 Å². The van der Waals surface area contributed by atoms with Gasteiger partial charge in [0.1, 0.15) is 61.0 Å². The Balaban J connectivity index is 1.83. The number of hydrogen-bond acceptors (Lipinski definition) is 25. The summed E-state index contributed by atoms with van der Waals surface area (Å²) in [5.74, 6) is -1.05. The van der Waals surface area contributed by atoms with Crippen LogP contribution in [0, 0.1) is 5.92 Å². The molecule has 25 heteroatoms. The predicted octanol–water partition coefficient (Wildman–Crippen LogP) is -1.64. The molecule has 0 amide bonds. The first kappa shape index (κ1) is 84.0. The third-order valence-electron chi connectivity index (χ3n) is 16.9. The summed E-state index contributed by atoms with van der Waals surface area (Å²) in [5.41, 5.74) is 0.409. The van der Waals surface area contributed by atoms with E-state index in [2.05, 4.69) is 13.2 Å². The Morgan fingerprint density at radius 1 is 0.505 bits per heavy atom. The molecule has 528 valence electrons. The van der Waals surface area contributed by atoms with Gasteiger partial charge in [0, 0.05) is 25.2 Å². The lowest BCUT2D eigenvalue weighted by molar-refractivity contribution is -0.234. The molecule has 27 atom stereocenters. The minimum absolute atomic E-state index is 0.00271. The molecule has 2 fully saturated rings. The van der Waals surface area contributed by atoms with Gasteiger partial charge in [0.05, 0.1) is 104 Å². The molecule has 2 saturated heterocycles. The van der Waals surface area contributed by atoms with Crippen LogP contribution in [0.1, 0.15) is 142 Å². The van der Waals surface area contributed by atoms with Crippen LogP contribution in [-0.4, -0.2) is 283 Å². The zero-order chi connectivity index (χ0) is 68.5. The van der Waals surface area contributed by atoms with Crippen LogP contribution in [0.2, 0.25) is 0 Å². The Labute approximate surface area is 535 Å². The maximum absolute atomic E-state index is 11.2. The van der Waals surface area contributed by atoms with E-state index < -0.39 is 171 Å². The van der Waals surface area contributed by atoms with E-state index in [1.165, 1.54) is 37.3 Å². The number of allylic oxidation sites excluding steroid dienone is 5. The minimum Gasteiger partial charge on any atom is -0.394 e. The molecule has 2 rings (SSSR count). The standard InChI is InChI=1S/C66H114O25/c1-5-6-16-41(68)17-7-8-18-42(69)19-10-12-28-50(77)60(85)65-63(88)54(81)36-56(91-65)64(89)57(82)39(3)30-32-48(75)55-35-53(80)62(87)66(90-55)61(86)51(78)33-38(2)29-31-46(73)34-52(79)59(84)40(4)58(83)49(76)27-11-9-20-43(70)21-13-22-44(71)23-14-24-45(72)25-15-26-47(74)37-67/h5,7-9,11-13,17-18,21,28,33,40-89H,1,3,6,10,14-16,19-20,22-27,29-32,34-37H2,2,4H3. The zero-order valence-electron chi connectivity index (χ0n) is 52.9. The van der Waals surface area contributed by atoms with Crippen LogP contribution in [0.25, 0.3) is 0 Å². The zero-order valence-corrected chi connectivity index (χ0v) is 52.9. The van der Waals surface area contributed by atoms with Gasteiger partial charge in [0.15, 0.2) is 0 Å². The maximum Gasteiger partial charge on any atom is 0.115 e. The number of rotatable bonds is 47. The summed E-state index contributed by atoms with van der Waals surface area (Å²) < 4.78 is 11.6. The van der Waals surface area contributed by atoms with Crippen LogP contribution in [0.3, 0.4) is 0 Å². The minimum atomic E-state index is -1.86. The molecular weight excluding hydrogens is 1190 g/mol. The van der Waals surface area contributed by atoms with Gasteiger partial charge >= 0.3 is 0 Å². The molecule has 0 saturated carbocycles. The molecule has 2 aliphatic heterocycles. The van der Waals surface area contributed by atoms with Crippen LogP contribution in [0.5, 0.6) is 0 Å². The molecule has 91 heavy (non-hydrogen) atoms. The van der Waals surface area contributed by atoms with E-state index in [9.17, 15) is 112 Å². The Kier molecular flexibility index (Phi) is 41.9. The molecule has 0 spiro atoms. The van der Waals surface area contributed by atoms with Crippen molar-refractivity contribution in [2.75, 3.05) is 6.61 Å². The first-order valence-corrected chi connectivity index (χ1v) is 32.1. The van der Waals surface area contributed by atoms with Crippen molar-refractivity contribution in [3.63, 3.8) is 0 Å². The lowest BCUT2D eigenvalue weighted by Gasteiger charge is -2.42. The van der Waals surface area contributed by atoms with Gasteiger partial charge in [-0.3, -0.25) is 0 Å². The fraction of sp³-hybridized carbons (Fsp3) is 0.758. The molecule has 25 nitrogen and oxygen atoms in total. The van der Waals surface area contributed by atoms with Gasteiger partial charge in [-0.15, -0.1) is 6.58 Å². The van der Waals surface area contributed by atoms with Crippen molar-refractivity contribution in [2.24, 2.45) is 5.92 Å². The van der Waals surface area contributed by atoms with E-state index in [1.54, 1.807) is 49.5 Å². The van der Waals surface area contributed by atoms with Crippen LogP contribution >= 0.6 is 0 Å². The third-order valence-corrected chi connectivity index (χ3v) is 16.9. The molecule has 0 aliphatic carbocycles. The quantitative estimate of drug-likeness (QED) is 0.0240. The summed E-state index contributed by atoms with van der Waals surface area (Å²) >= 11 is 0. The van der Waals surface area contributed by atoms with Crippen molar-refractivity contribution in [3.05, 3.63) is 97.2 Å². The summed E-state index contributed by atoms with van der Waals surface area (Å²) in [4.78, 5) is 0. The monoisotopic (exact) mass is 1310 g/mol. The second-order valence-corrected chi connectivity index (χ2v) is 24.9. The molecule has 0 aromatic carbocycles. The molecule has 0 aromatic heterocycles. The Morgan fingerprint density at radius 2 is 1.03 bits per heavy atom. The molecule has 0 aromatic rings. The highest BCUT2D eigenvalue weighted by molar-refractivity contribution is 5.11. The molecule has 0 bridgehead atoms. The molecule has 23 N–H and O–H groups in total. The van der Waals surface area contributed by atoms with Gasteiger partial charge in [0.25, 0.3) is 0 Å². The summed E-state index contributed by atoms with van der Waals surface area (Å²) in [5, 5.41) is 243. The van der Waals surface area contributed by atoms with Crippen molar-refractivity contribution < 1.29 is 127 Å². The van der Waals surface area contributed by atoms with Crippen LogP contribution in [0.4, 0.5) is 0 Å². The normalized spacial score (nSPS) is 27.8. The second kappa shape index (κ2) is 45.4. The molecule has 2 heterocycles. The summed E-state index contributed by atoms with van der Waals surface area (Å²) in [6.07, 6.45) is -14.1. The van der Waals surface area contributed by atoms with Crippen molar-refractivity contribution in [1.82, 2.24) is 0 Å². The van der Waals surface area contributed by atoms with Gasteiger partial charge in [0.2, 0.25) is 0 Å². The van der Waals surface area contributed by atoms with Gasteiger partial charge in [-0.25, -0.2) is 0 Å². The largest absolute Gasteiger partial charge is 0.394 e. The fourth-order valence-electron chi connectivity index (χ4n) is 10.8. The Morgan fingerprint density at radius 3 is 1.63 bits per heavy atom. The second-order valence-electron chi connectivity index (χ2n) is 24.9. The van der Waals surface area contributed by atoms with E-state index in [0.29, 0.717) is 56.9 Å². The maximum atomic E-state index is 11.2. The first-order valence-electron chi connectivity index (χ1n) is 32.1. The highest BCUT2D eigenvalue weighted by Gasteiger charge is 2.47. The van der Waals surface area contributed by atoms with E-state index >= 15 is 0 Å². The third kappa shape index (κ3) is 32.0. The number of aliphatic hydroxyl groups excluding tert-OH is 23. The first-order chi connectivity index (χ1) is 42.9. The molecule has 2 aliphatic rings. The van der Waals surface area contributed by atoms with Crippen LogP contribution in [-0.2, 0) is 9.47 Å². The molecular formula is C66H114O25. The summed E-state index contributed by atoms with van der Waals surface area (Å²) in [6.45, 7) is 10.1. The topological polar surface area (TPSA) is 484 Å². The fourth-order valence-corrected chi connectivity index (χ4v) is 10.8.